The molecule has 0 saturated heterocycles. The van der Waals surface area contributed by atoms with Crippen molar-refractivity contribution in [1.29, 1.82) is 0 Å². The standard InChI is InChI=1S/C15H19BrN2O5/c1-3-10(2)17-15(21)18-13(19)8-23-14(20)9-22-12-6-4-11(16)5-7-12/h4-7,10H,3,8-9H2,1-2H3,(H2,17,18,19,21)/t10-/m1/s1. The van der Waals surface area contributed by atoms with Gasteiger partial charge in [-0.2, -0.15) is 0 Å². The fourth-order valence-electron chi connectivity index (χ4n) is 1.39. The van der Waals surface area contributed by atoms with E-state index in [1.807, 2.05) is 13.8 Å². The highest BCUT2D eigenvalue weighted by Crippen LogP contribution is 2.15. The van der Waals surface area contributed by atoms with E-state index in [0.717, 1.165) is 10.9 Å². The summed E-state index contributed by atoms with van der Waals surface area (Å²) in [6.45, 7) is 2.84. The van der Waals surface area contributed by atoms with Gasteiger partial charge < -0.3 is 14.8 Å². The smallest absolute Gasteiger partial charge is 0.344 e. The van der Waals surface area contributed by atoms with Gasteiger partial charge in [0.25, 0.3) is 5.91 Å². The van der Waals surface area contributed by atoms with Gasteiger partial charge in [0.1, 0.15) is 5.75 Å². The molecule has 7 nitrogen and oxygen atoms in total. The first-order chi connectivity index (χ1) is 10.9. The van der Waals surface area contributed by atoms with Crippen LogP contribution in [0.25, 0.3) is 0 Å². The summed E-state index contributed by atoms with van der Waals surface area (Å²) in [5, 5.41) is 4.63. The largest absolute Gasteiger partial charge is 0.482 e. The molecule has 1 atom stereocenters. The van der Waals surface area contributed by atoms with E-state index in [9.17, 15) is 14.4 Å². The highest BCUT2D eigenvalue weighted by Gasteiger charge is 2.12. The molecule has 0 bridgehead atoms. The second kappa shape index (κ2) is 9.83. The number of carbonyl (C=O) groups excluding carboxylic acids is 3. The van der Waals surface area contributed by atoms with Crippen molar-refractivity contribution in [2.45, 2.75) is 26.3 Å². The second-order valence-electron chi connectivity index (χ2n) is 4.73. The Bertz CT molecular complexity index is 547. The van der Waals surface area contributed by atoms with Gasteiger partial charge in [0.05, 0.1) is 0 Å². The van der Waals surface area contributed by atoms with Gasteiger partial charge in [-0.25, -0.2) is 9.59 Å². The molecule has 23 heavy (non-hydrogen) atoms. The Morgan fingerprint density at radius 2 is 1.83 bits per heavy atom. The summed E-state index contributed by atoms with van der Waals surface area (Å²) >= 11 is 3.28. The lowest BCUT2D eigenvalue weighted by atomic mass is 10.3. The number of nitrogens with one attached hydrogen (secondary N) is 2. The number of benzene rings is 1. The fourth-order valence-corrected chi connectivity index (χ4v) is 1.65. The van der Waals surface area contributed by atoms with E-state index in [2.05, 4.69) is 26.6 Å². The lowest BCUT2D eigenvalue weighted by Gasteiger charge is -2.12. The Balaban J connectivity index is 2.23. The molecule has 1 rings (SSSR count). The van der Waals surface area contributed by atoms with Crippen LogP contribution < -0.4 is 15.4 Å². The molecule has 126 valence electrons. The van der Waals surface area contributed by atoms with Crippen molar-refractivity contribution in [2.24, 2.45) is 0 Å². The SMILES string of the molecule is CC[C@@H](C)NC(=O)NC(=O)COC(=O)COc1ccc(Br)cc1. The van der Waals surface area contributed by atoms with Gasteiger partial charge in [0.15, 0.2) is 13.2 Å². The van der Waals surface area contributed by atoms with E-state index in [4.69, 9.17) is 9.47 Å². The Hall–Kier alpha value is -2.09. The summed E-state index contributed by atoms with van der Waals surface area (Å²) in [5.74, 6) is -0.907. The number of imide groups is 1. The number of urea groups is 1. The highest BCUT2D eigenvalue weighted by molar-refractivity contribution is 9.10. The summed E-state index contributed by atoms with van der Waals surface area (Å²) in [6.07, 6.45) is 0.740. The minimum atomic E-state index is -0.706. The molecule has 1 aromatic rings. The van der Waals surface area contributed by atoms with Crippen molar-refractivity contribution in [2.75, 3.05) is 13.2 Å². The van der Waals surface area contributed by atoms with E-state index in [0.29, 0.717) is 5.75 Å². The van der Waals surface area contributed by atoms with Crippen LogP contribution in [0.5, 0.6) is 5.75 Å². The molecule has 0 aliphatic rings. The van der Waals surface area contributed by atoms with Gasteiger partial charge >= 0.3 is 12.0 Å². The average molecular weight is 387 g/mol. The summed E-state index contributed by atoms with van der Waals surface area (Å²) in [5.41, 5.74) is 0. The van der Waals surface area contributed by atoms with Crippen molar-refractivity contribution in [3.63, 3.8) is 0 Å². The Kier molecular flexibility index (Phi) is 8.10. The molecular weight excluding hydrogens is 368 g/mol. The molecule has 1 aromatic carbocycles. The molecule has 0 spiro atoms. The predicted molar refractivity (Wildman–Crippen MR) is 87.0 cm³/mol. The van der Waals surface area contributed by atoms with Crippen LogP contribution in [0.3, 0.4) is 0 Å². The maximum atomic E-state index is 11.5. The number of rotatable bonds is 7. The van der Waals surface area contributed by atoms with Crippen LogP contribution in [0.1, 0.15) is 20.3 Å². The van der Waals surface area contributed by atoms with E-state index < -0.39 is 24.5 Å². The number of halogens is 1. The zero-order chi connectivity index (χ0) is 17.2. The number of carbonyl (C=O) groups is 3. The van der Waals surface area contributed by atoms with Gasteiger partial charge in [-0.15, -0.1) is 0 Å². The molecule has 2 N–H and O–H groups in total. The molecule has 0 aromatic heterocycles. The summed E-state index contributed by atoms with van der Waals surface area (Å²) in [6, 6.07) is 6.23. The molecule has 0 heterocycles. The van der Waals surface area contributed by atoms with Crippen LogP contribution in [0.4, 0.5) is 4.79 Å². The van der Waals surface area contributed by atoms with E-state index >= 15 is 0 Å². The molecule has 0 saturated carbocycles. The molecule has 0 radical (unpaired) electrons. The number of hydrogen-bond donors (Lipinski definition) is 2. The highest BCUT2D eigenvalue weighted by atomic mass is 79.9. The van der Waals surface area contributed by atoms with Crippen molar-refractivity contribution in [1.82, 2.24) is 10.6 Å². The normalized spacial score (nSPS) is 11.3. The molecular formula is C15H19BrN2O5. The Morgan fingerprint density at radius 3 is 2.43 bits per heavy atom. The molecule has 0 unspecified atom stereocenters. The molecule has 0 fully saturated rings. The quantitative estimate of drug-likeness (QED) is 0.698. The molecule has 8 heteroatoms. The van der Waals surface area contributed by atoms with Crippen LogP contribution in [-0.2, 0) is 14.3 Å². The minimum absolute atomic E-state index is 0.0512. The van der Waals surface area contributed by atoms with Crippen molar-refractivity contribution < 1.29 is 23.9 Å². The maximum absolute atomic E-state index is 11.5. The molecule has 3 amide bonds. The molecule has 0 aliphatic carbocycles. The third kappa shape index (κ3) is 8.20. The first-order valence-electron chi connectivity index (χ1n) is 7.05. The Morgan fingerprint density at radius 1 is 1.17 bits per heavy atom. The van der Waals surface area contributed by atoms with Gasteiger partial charge in [-0.3, -0.25) is 10.1 Å². The zero-order valence-corrected chi connectivity index (χ0v) is 14.5. The second-order valence-corrected chi connectivity index (χ2v) is 5.65. The van der Waals surface area contributed by atoms with Gasteiger partial charge in [0, 0.05) is 10.5 Å². The van der Waals surface area contributed by atoms with Crippen molar-refractivity contribution >= 4 is 33.8 Å². The average Bonchev–Trinajstić information content (AvgIpc) is 2.52. The number of amides is 3. The summed E-state index contributed by atoms with van der Waals surface area (Å²) in [7, 11) is 0. The topological polar surface area (TPSA) is 93.7 Å². The lowest BCUT2D eigenvalue weighted by molar-refractivity contribution is -0.150. The van der Waals surface area contributed by atoms with Crippen molar-refractivity contribution in [3.05, 3.63) is 28.7 Å². The van der Waals surface area contributed by atoms with Crippen LogP contribution >= 0.6 is 15.9 Å². The summed E-state index contributed by atoms with van der Waals surface area (Å²) < 4.78 is 10.8. The van der Waals surface area contributed by atoms with Gasteiger partial charge in [0.2, 0.25) is 0 Å². The first kappa shape index (κ1) is 19.0. The fraction of sp³-hybridized carbons (Fsp3) is 0.400. The van der Waals surface area contributed by atoms with Crippen LogP contribution in [0, 0.1) is 0 Å². The number of hydrogen-bond acceptors (Lipinski definition) is 5. The summed E-state index contributed by atoms with van der Waals surface area (Å²) in [4.78, 5) is 34.3. The number of esters is 1. The van der Waals surface area contributed by atoms with Gasteiger partial charge in [-0.05, 0) is 37.6 Å². The van der Waals surface area contributed by atoms with Crippen LogP contribution in [0.15, 0.2) is 28.7 Å². The number of ether oxygens (including phenoxy) is 2. The monoisotopic (exact) mass is 386 g/mol. The zero-order valence-electron chi connectivity index (χ0n) is 12.9. The van der Waals surface area contributed by atoms with E-state index in [-0.39, 0.29) is 12.6 Å². The first-order valence-corrected chi connectivity index (χ1v) is 7.84. The lowest BCUT2D eigenvalue weighted by Crippen LogP contribution is -2.44. The maximum Gasteiger partial charge on any atom is 0.344 e. The van der Waals surface area contributed by atoms with Gasteiger partial charge in [-0.1, -0.05) is 22.9 Å². The molecule has 0 aliphatic heterocycles. The third-order valence-corrected chi connectivity index (χ3v) is 3.31. The predicted octanol–water partition coefficient (Wildman–Crippen LogP) is 2.00. The van der Waals surface area contributed by atoms with Crippen LogP contribution in [0.2, 0.25) is 0 Å². The third-order valence-electron chi connectivity index (χ3n) is 2.78. The van der Waals surface area contributed by atoms with Crippen molar-refractivity contribution in [3.8, 4) is 5.75 Å². The van der Waals surface area contributed by atoms with E-state index in [1.165, 1.54) is 0 Å². The van der Waals surface area contributed by atoms with E-state index in [1.54, 1.807) is 24.3 Å². The Labute approximate surface area is 142 Å². The van der Waals surface area contributed by atoms with Crippen LogP contribution in [-0.4, -0.2) is 37.2 Å². The minimum Gasteiger partial charge on any atom is -0.482 e.